The van der Waals surface area contributed by atoms with Crippen LogP contribution in [-0.2, 0) is 9.53 Å². The summed E-state index contributed by atoms with van der Waals surface area (Å²) in [7, 11) is 0. The van der Waals surface area contributed by atoms with Gasteiger partial charge in [-0.1, -0.05) is 13.5 Å². The van der Waals surface area contributed by atoms with Crippen molar-refractivity contribution < 1.29 is 9.53 Å². The van der Waals surface area contributed by atoms with Gasteiger partial charge in [0.1, 0.15) is 0 Å². The molecule has 1 N–H and O–H groups in total. The Morgan fingerprint density at radius 3 is 3.21 bits per heavy atom. The summed E-state index contributed by atoms with van der Waals surface area (Å²) >= 11 is 0. The lowest BCUT2D eigenvalue weighted by Gasteiger charge is -2.31. The SMILES string of the molecule is C=CC(=O)NCC1CN(CC)CCO1. The number of nitrogens with one attached hydrogen (secondary N) is 1. The van der Waals surface area contributed by atoms with E-state index in [2.05, 4.69) is 23.7 Å². The summed E-state index contributed by atoms with van der Waals surface area (Å²) in [6.45, 7) is 9.77. The first-order valence-electron chi connectivity index (χ1n) is 5.00. The fourth-order valence-corrected chi connectivity index (χ4v) is 1.48. The number of amides is 1. The number of likely N-dealkylation sites (N-methyl/N-ethyl adjacent to an activating group) is 1. The molecule has 0 aromatic rings. The van der Waals surface area contributed by atoms with Crippen LogP contribution in [0.3, 0.4) is 0 Å². The Bertz CT molecular complexity index is 206. The van der Waals surface area contributed by atoms with Gasteiger partial charge >= 0.3 is 0 Å². The summed E-state index contributed by atoms with van der Waals surface area (Å²) in [6, 6.07) is 0. The fourth-order valence-electron chi connectivity index (χ4n) is 1.48. The highest BCUT2D eigenvalue weighted by Crippen LogP contribution is 2.03. The predicted molar refractivity (Wildman–Crippen MR) is 55.1 cm³/mol. The van der Waals surface area contributed by atoms with Gasteiger partial charge in [0.15, 0.2) is 0 Å². The van der Waals surface area contributed by atoms with Crippen molar-refractivity contribution in [2.45, 2.75) is 13.0 Å². The standard InChI is InChI=1S/C10H18N2O2/c1-3-10(13)11-7-9-8-12(4-2)5-6-14-9/h3,9H,1,4-8H2,2H3,(H,11,13). The molecule has 1 heterocycles. The summed E-state index contributed by atoms with van der Waals surface area (Å²) in [5.41, 5.74) is 0. The van der Waals surface area contributed by atoms with Gasteiger partial charge in [-0.2, -0.15) is 0 Å². The van der Waals surface area contributed by atoms with E-state index in [-0.39, 0.29) is 12.0 Å². The Labute approximate surface area is 84.9 Å². The van der Waals surface area contributed by atoms with Crippen molar-refractivity contribution in [1.29, 1.82) is 0 Å². The van der Waals surface area contributed by atoms with Crippen molar-refractivity contribution in [2.24, 2.45) is 0 Å². The molecule has 14 heavy (non-hydrogen) atoms. The molecular formula is C10H18N2O2. The van der Waals surface area contributed by atoms with E-state index in [1.807, 2.05) is 0 Å². The summed E-state index contributed by atoms with van der Waals surface area (Å²) in [4.78, 5) is 13.2. The highest BCUT2D eigenvalue weighted by atomic mass is 16.5. The van der Waals surface area contributed by atoms with Crippen LogP contribution in [0.4, 0.5) is 0 Å². The quantitative estimate of drug-likeness (QED) is 0.647. The van der Waals surface area contributed by atoms with E-state index >= 15 is 0 Å². The maximum atomic E-state index is 10.9. The predicted octanol–water partition coefficient (Wildman–Crippen LogP) is 0.00930. The van der Waals surface area contributed by atoms with Crippen LogP contribution in [-0.4, -0.2) is 49.7 Å². The van der Waals surface area contributed by atoms with Crippen molar-refractivity contribution >= 4 is 5.91 Å². The molecule has 1 atom stereocenters. The Hall–Kier alpha value is -0.870. The number of hydrogen-bond acceptors (Lipinski definition) is 3. The molecule has 0 spiro atoms. The lowest BCUT2D eigenvalue weighted by atomic mass is 10.2. The summed E-state index contributed by atoms with van der Waals surface area (Å²) < 4.78 is 5.51. The Morgan fingerprint density at radius 1 is 1.79 bits per heavy atom. The molecular weight excluding hydrogens is 180 g/mol. The molecule has 4 nitrogen and oxygen atoms in total. The second-order valence-electron chi connectivity index (χ2n) is 3.34. The highest BCUT2D eigenvalue weighted by molar-refractivity contribution is 5.86. The van der Waals surface area contributed by atoms with Crippen LogP contribution in [0.1, 0.15) is 6.92 Å². The number of carbonyl (C=O) groups excluding carboxylic acids is 1. The minimum atomic E-state index is -0.137. The van der Waals surface area contributed by atoms with Crippen LogP contribution < -0.4 is 5.32 Å². The molecule has 1 aliphatic heterocycles. The number of rotatable bonds is 4. The van der Waals surface area contributed by atoms with Crippen molar-refractivity contribution in [3.8, 4) is 0 Å². The van der Waals surface area contributed by atoms with Gasteiger partial charge in [0.2, 0.25) is 5.91 Å². The van der Waals surface area contributed by atoms with Gasteiger partial charge < -0.3 is 10.1 Å². The molecule has 1 amide bonds. The highest BCUT2D eigenvalue weighted by Gasteiger charge is 2.18. The number of morpholine rings is 1. The summed E-state index contributed by atoms with van der Waals surface area (Å²) in [5, 5.41) is 2.74. The van der Waals surface area contributed by atoms with Crippen LogP contribution >= 0.6 is 0 Å². The van der Waals surface area contributed by atoms with Gasteiger partial charge in [-0.05, 0) is 12.6 Å². The largest absolute Gasteiger partial charge is 0.374 e. The maximum Gasteiger partial charge on any atom is 0.243 e. The van der Waals surface area contributed by atoms with Crippen molar-refractivity contribution in [1.82, 2.24) is 10.2 Å². The van der Waals surface area contributed by atoms with Crippen LogP contribution in [0.5, 0.6) is 0 Å². The van der Waals surface area contributed by atoms with Crippen LogP contribution in [0, 0.1) is 0 Å². The zero-order chi connectivity index (χ0) is 10.4. The molecule has 0 bridgehead atoms. The molecule has 1 unspecified atom stereocenters. The maximum absolute atomic E-state index is 10.9. The molecule has 4 heteroatoms. The first-order valence-corrected chi connectivity index (χ1v) is 5.00. The molecule has 0 aromatic carbocycles. The van der Waals surface area contributed by atoms with Crippen LogP contribution in [0.15, 0.2) is 12.7 Å². The van der Waals surface area contributed by atoms with Gasteiger partial charge in [-0.15, -0.1) is 0 Å². The molecule has 1 aliphatic rings. The molecule has 1 fully saturated rings. The lowest BCUT2D eigenvalue weighted by Crippen LogP contribution is -2.47. The topological polar surface area (TPSA) is 41.6 Å². The molecule has 80 valence electrons. The molecule has 0 saturated carbocycles. The molecule has 0 radical (unpaired) electrons. The van der Waals surface area contributed by atoms with Crippen molar-refractivity contribution in [3.05, 3.63) is 12.7 Å². The fraction of sp³-hybridized carbons (Fsp3) is 0.700. The second-order valence-corrected chi connectivity index (χ2v) is 3.34. The van der Waals surface area contributed by atoms with E-state index < -0.39 is 0 Å². The van der Waals surface area contributed by atoms with Gasteiger partial charge in [0, 0.05) is 19.6 Å². The van der Waals surface area contributed by atoms with E-state index in [0.29, 0.717) is 6.54 Å². The van der Waals surface area contributed by atoms with E-state index in [1.54, 1.807) is 0 Å². The first-order chi connectivity index (χ1) is 6.76. The van der Waals surface area contributed by atoms with Gasteiger partial charge in [-0.3, -0.25) is 9.69 Å². The summed E-state index contributed by atoms with van der Waals surface area (Å²) in [5.74, 6) is -0.137. The Kier molecular flexibility index (Phi) is 4.62. The van der Waals surface area contributed by atoms with E-state index in [4.69, 9.17) is 4.74 Å². The molecule has 1 saturated heterocycles. The van der Waals surface area contributed by atoms with Crippen LogP contribution in [0.25, 0.3) is 0 Å². The first kappa shape index (κ1) is 11.2. The lowest BCUT2D eigenvalue weighted by molar-refractivity contribution is -0.117. The second kappa shape index (κ2) is 5.78. The summed E-state index contributed by atoms with van der Waals surface area (Å²) in [6.07, 6.45) is 1.40. The average Bonchev–Trinajstić information content (AvgIpc) is 2.26. The number of ether oxygens (including phenoxy) is 1. The van der Waals surface area contributed by atoms with E-state index in [1.165, 1.54) is 6.08 Å². The zero-order valence-electron chi connectivity index (χ0n) is 8.66. The molecule has 0 aliphatic carbocycles. The van der Waals surface area contributed by atoms with Gasteiger partial charge in [0.05, 0.1) is 12.7 Å². The monoisotopic (exact) mass is 198 g/mol. The van der Waals surface area contributed by atoms with E-state index in [9.17, 15) is 4.79 Å². The molecule has 0 aromatic heterocycles. The van der Waals surface area contributed by atoms with E-state index in [0.717, 1.165) is 26.2 Å². The van der Waals surface area contributed by atoms with Gasteiger partial charge in [0.25, 0.3) is 0 Å². The third-order valence-corrected chi connectivity index (χ3v) is 2.36. The minimum Gasteiger partial charge on any atom is -0.374 e. The van der Waals surface area contributed by atoms with Crippen LogP contribution in [0.2, 0.25) is 0 Å². The Morgan fingerprint density at radius 2 is 2.57 bits per heavy atom. The smallest absolute Gasteiger partial charge is 0.243 e. The Balaban J connectivity index is 2.23. The third-order valence-electron chi connectivity index (χ3n) is 2.36. The normalized spacial score (nSPS) is 23.1. The number of nitrogens with zero attached hydrogens (tertiary/aromatic N) is 1. The number of carbonyl (C=O) groups is 1. The van der Waals surface area contributed by atoms with Crippen molar-refractivity contribution in [3.63, 3.8) is 0 Å². The third kappa shape index (κ3) is 3.47. The van der Waals surface area contributed by atoms with Gasteiger partial charge in [-0.25, -0.2) is 0 Å². The minimum absolute atomic E-state index is 0.118. The van der Waals surface area contributed by atoms with Crippen molar-refractivity contribution in [2.75, 3.05) is 32.8 Å². The zero-order valence-corrected chi connectivity index (χ0v) is 8.66. The number of hydrogen-bond donors (Lipinski definition) is 1. The molecule has 1 rings (SSSR count). The average molecular weight is 198 g/mol.